The molecule has 0 N–H and O–H groups in total. The highest BCUT2D eigenvalue weighted by molar-refractivity contribution is 5.64. The maximum Gasteiger partial charge on any atom is 0.573 e. The van der Waals surface area contributed by atoms with Crippen LogP contribution in [0.5, 0.6) is 5.75 Å². The fourth-order valence-corrected chi connectivity index (χ4v) is 3.88. The molecule has 26 heavy (non-hydrogen) atoms. The van der Waals surface area contributed by atoms with Crippen molar-refractivity contribution in [2.24, 2.45) is 5.92 Å². The molecule has 1 saturated carbocycles. The van der Waals surface area contributed by atoms with E-state index in [0.29, 0.717) is 11.5 Å². The van der Waals surface area contributed by atoms with E-state index in [-0.39, 0.29) is 0 Å². The van der Waals surface area contributed by atoms with Crippen LogP contribution in [0.15, 0.2) is 42.5 Å². The van der Waals surface area contributed by atoms with Crippen LogP contribution < -0.4 is 4.74 Å². The highest BCUT2D eigenvalue weighted by atomic mass is 19.4. The van der Waals surface area contributed by atoms with Crippen molar-refractivity contribution in [2.45, 2.75) is 51.3 Å². The summed E-state index contributed by atoms with van der Waals surface area (Å²) in [7, 11) is 0. The molecule has 2 aromatic carbocycles. The van der Waals surface area contributed by atoms with E-state index in [2.05, 4.69) is 11.7 Å². The molecule has 0 bridgehead atoms. The summed E-state index contributed by atoms with van der Waals surface area (Å²) in [4.78, 5) is 0. The molecular formula is C21H22F4O. The van der Waals surface area contributed by atoms with Crippen LogP contribution in [0, 0.1) is 11.7 Å². The summed E-state index contributed by atoms with van der Waals surface area (Å²) in [5, 5.41) is 0. The number of alkyl halides is 3. The van der Waals surface area contributed by atoms with Gasteiger partial charge in [-0.3, -0.25) is 0 Å². The van der Waals surface area contributed by atoms with Crippen molar-refractivity contribution >= 4 is 0 Å². The molecule has 140 valence electrons. The average molecular weight is 366 g/mol. The SMILES string of the molecule is CCCC1CCC(c2ccc(-c3ccc(OC(F)(F)F)c(F)c3)cc2)C1. The Hall–Kier alpha value is -2.04. The molecule has 0 heterocycles. The fourth-order valence-electron chi connectivity index (χ4n) is 3.88. The fraction of sp³-hybridized carbons (Fsp3) is 0.429. The smallest absolute Gasteiger partial charge is 0.403 e. The first kappa shape index (κ1) is 18.7. The predicted molar refractivity (Wildman–Crippen MR) is 93.5 cm³/mol. The van der Waals surface area contributed by atoms with E-state index >= 15 is 0 Å². The minimum atomic E-state index is -4.90. The molecule has 2 unspecified atom stereocenters. The first-order valence-corrected chi connectivity index (χ1v) is 9.01. The van der Waals surface area contributed by atoms with Crippen molar-refractivity contribution in [1.82, 2.24) is 0 Å². The van der Waals surface area contributed by atoms with Gasteiger partial charge >= 0.3 is 6.36 Å². The third-order valence-electron chi connectivity index (χ3n) is 5.11. The van der Waals surface area contributed by atoms with Crippen LogP contribution in [0.3, 0.4) is 0 Å². The van der Waals surface area contributed by atoms with Crippen LogP contribution in [0.1, 0.15) is 50.5 Å². The Morgan fingerprint density at radius 2 is 1.69 bits per heavy atom. The number of halogens is 4. The summed E-state index contributed by atoms with van der Waals surface area (Å²) in [6.07, 6.45) is 1.27. The third-order valence-corrected chi connectivity index (χ3v) is 5.11. The lowest BCUT2D eigenvalue weighted by molar-refractivity contribution is -0.275. The van der Waals surface area contributed by atoms with Gasteiger partial charge in [-0.05, 0) is 59.9 Å². The second-order valence-corrected chi connectivity index (χ2v) is 6.98. The minimum absolute atomic E-state index is 0.527. The van der Waals surface area contributed by atoms with Gasteiger partial charge in [0.15, 0.2) is 11.6 Å². The summed E-state index contributed by atoms with van der Waals surface area (Å²) in [6.45, 7) is 2.21. The lowest BCUT2D eigenvalue weighted by Crippen LogP contribution is -2.17. The Labute approximate surface area is 151 Å². The molecule has 0 amide bonds. The Balaban J connectivity index is 1.72. The van der Waals surface area contributed by atoms with Crippen LogP contribution in [-0.2, 0) is 0 Å². The summed E-state index contributed by atoms with van der Waals surface area (Å²) >= 11 is 0. The molecule has 1 nitrogen and oxygen atoms in total. The minimum Gasteiger partial charge on any atom is -0.403 e. The molecule has 2 atom stereocenters. The van der Waals surface area contributed by atoms with Crippen molar-refractivity contribution in [3.05, 3.63) is 53.8 Å². The van der Waals surface area contributed by atoms with E-state index in [0.717, 1.165) is 23.6 Å². The second kappa shape index (κ2) is 7.68. The first-order valence-electron chi connectivity index (χ1n) is 9.01. The Morgan fingerprint density at radius 1 is 1.00 bits per heavy atom. The quantitative estimate of drug-likeness (QED) is 0.514. The topological polar surface area (TPSA) is 9.23 Å². The molecular weight excluding hydrogens is 344 g/mol. The van der Waals surface area contributed by atoms with Gasteiger partial charge < -0.3 is 4.74 Å². The van der Waals surface area contributed by atoms with Crippen LogP contribution in [0.2, 0.25) is 0 Å². The van der Waals surface area contributed by atoms with Gasteiger partial charge in [-0.25, -0.2) is 4.39 Å². The lowest BCUT2D eigenvalue weighted by atomic mass is 9.93. The van der Waals surface area contributed by atoms with E-state index in [9.17, 15) is 17.6 Å². The summed E-state index contributed by atoms with van der Waals surface area (Å²) in [5.74, 6) is -0.465. The molecule has 2 aromatic rings. The van der Waals surface area contributed by atoms with E-state index in [4.69, 9.17) is 0 Å². The van der Waals surface area contributed by atoms with Gasteiger partial charge in [0, 0.05) is 0 Å². The van der Waals surface area contributed by atoms with Crippen molar-refractivity contribution in [2.75, 3.05) is 0 Å². The van der Waals surface area contributed by atoms with E-state index in [1.54, 1.807) is 0 Å². The largest absolute Gasteiger partial charge is 0.573 e. The zero-order valence-corrected chi connectivity index (χ0v) is 14.7. The Morgan fingerprint density at radius 3 is 2.31 bits per heavy atom. The van der Waals surface area contributed by atoms with Gasteiger partial charge in [0.2, 0.25) is 0 Å². The molecule has 0 aliphatic heterocycles. The van der Waals surface area contributed by atoms with E-state index in [1.807, 2.05) is 24.3 Å². The second-order valence-electron chi connectivity index (χ2n) is 6.98. The molecule has 0 spiro atoms. The first-order chi connectivity index (χ1) is 12.4. The average Bonchev–Trinajstić information content (AvgIpc) is 3.05. The van der Waals surface area contributed by atoms with Crippen molar-refractivity contribution in [3.63, 3.8) is 0 Å². The number of hydrogen-bond donors (Lipinski definition) is 0. The van der Waals surface area contributed by atoms with Crippen molar-refractivity contribution in [1.29, 1.82) is 0 Å². The van der Waals surface area contributed by atoms with E-state index in [1.165, 1.54) is 43.7 Å². The number of rotatable bonds is 5. The van der Waals surface area contributed by atoms with Gasteiger partial charge in [0.1, 0.15) is 0 Å². The van der Waals surface area contributed by atoms with Gasteiger partial charge in [-0.1, -0.05) is 50.1 Å². The molecule has 1 fully saturated rings. The number of ether oxygens (including phenoxy) is 1. The summed E-state index contributed by atoms with van der Waals surface area (Å²) in [6, 6.07) is 11.4. The van der Waals surface area contributed by atoms with Crippen LogP contribution in [0.25, 0.3) is 11.1 Å². The zero-order valence-electron chi connectivity index (χ0n) is 14.7. The zero-order chi connectivity index (χ0) is 18.7. The third kappa shape index (κ3) is 4.57. The van der Waals surface area contributed by atoms with Gasteiger partial charge in [-0.15, -0.1) is 13.2 Å². The van der Waals surface area contributed by atoms with Gasteiger partial charge in [0.05, 0.1) is 0 Å². The Kier molecular flexibility index (Phi) is 5.54. The van der Waals surface area contributed by atoms with Crippen molar-refractivity contribution in [3.8, 4) is 16.9 Å². The monoisotopic (exact) mass is 366 g/mol. The Bertz CT molecular complexity index is 737. The number of hydrogen-bond acceptors (Lipinski definition) is 1. The van der Waals surface area contributed by atoms with E-state index < -0.39 is 17.9 Å². The van der Waals surface area contributed by atoms with Crippen LogP contribution >= 0.6 is 0 Å². The standard InChI is InChI=1S/C21H22F4O/c1-2-3-14-4-5-17(12-14)15-6-8-16(9-7-15)18-10-11-20(19(22)13-18)26-21(23,24)25/h6-11,13-14,17H,2-5,12H2,1H3. The molecule has 0 aromatic heterocycles. The molecule has 1 aliphatic carbocycles. The van der Waals surface area contributed by atoms with Gasteiger partial charge in [0.25, 0.3) is 0 Å². The maximum atomic E-state index is 13.9. The highest BCUT2D eigenvalue weighted by Crippen LogP contribution is 2.40. The molecule has 0 saturated heterocycles. The molecule has 3 rings (SSSR count). The highest BCUT2D eigenvalue weighted by Gasteiger charge is 2.32. The normalized spacial score (nSPS) is 20.3. The number of benzene rings is 2. The van der Waals surface area contributed by atoms with Crippen LogP contribution in [-0.4, -0.2) is 6.36 Å². The summed E-state index contributed by atoms with van der Waals surface area (Å²) in [5.41, 5.74) is 2.58. The van der Waals surface area contributed by atoms with Gasteiger partial charge in [-0.2, -0.15) is 0 Å². The lowest BCUT2D eigenvalue weighted by Gasteiger charge is -2.13. The van der Waals surface area contributed by atoms with Crippen LogP contribution in [0.4, 0.5) is 17.6 Å². The molecule has 5 heteroatoms. The summed E-state index contributed by atoms with van der Waals surface area (Å²) < 4.78 is 54.2. The van der Waals surface area contributed by atoms with Crippen molar-refractivity contribution < 1.29 is 22.3 Å². The molecule has 0 radical (unpaired) electrons. The maximum absolute atomic E-state index is 13.9. The molecule has 1 aliphatic rings. The predicted octanol–water partition coefficient (Wildman–Crippen LogP) is 7.08.